The van der Waals surface area contributed by atoms with Crippen LogP contribution in [0.3, 0.4) is 0 Å². The van der Waals surface area contributed by atoms with Crippen molar-refractivity contribution in [2.24, 2.45) is 12.5 Å². The quantitative estimate of drug-likeness (QED) is 0.691. The number of hydrogen-bond donors (Lipinski definition) is 2. The van der Waals surface area contributed by atoms with Crippen molar-refractivity contribution >= 4 is 17.7 Å². The number of piperidine rings is 1. The second-order valence-electron chi connectivity index (χ2n) is 9.00. The van der Waals surface area contributed by atoms with Gasteiger partial charge < -0.3 is 20.3 Å². The van der Waals surface area contributed by atoms with Crippen molar-refractivity contribution in [3.05, 3.63) is 17.5 Å². The number of aryl methyl sites for hydroxylation is 2. The molecule has 2 fully saturated rings. The molecule has 2 atom stereocenters. The first kappa shape index (κ1) is 23.2. The molecule has 2 saturated heterocycles. The Morgan fingerprint density at radius 1 is 1.16 bits per heavy atom. The molecular weight excluding hydrogens is 398 g/mol. The fourth-order valence-corrected chi connectivity index (χ4v) is 4.31. The van der Waals surface area contributed by atoms with Gasteiger partial charge in [0.25, 0.3) is 5.91 Å². The maximum Gasteiger partial charge on any atom is 0.274 e. The molecule has 3 amide bonds. The lowest BCUT2D eigenvalue weighted by Crippen LogP contribution is -2.55. The van der Waals surface area contributed by atoms with Gasteiger partial charge in [-0.3, -0.25) is 19.1 Å². The van der Waals surface area contributed by atoms with E-state index >= 15 is 0 Å². The highest BCUT2D eigenvalue weighted by Gasteiger charge is 2.43. The second-order valence-corrected chi connectivity index (χ2v) is 9.00. The van der Waals surface area contributed by atoms with Gasteiger partial charge in [0.05, 0.1) is 12.0 Å². The number of amides is 3. The number of nitrogens with zero attached hydrogens (tertiary/aromatic N) is 3. The zero-order valence-electron chi connectivity index (χ0n) is 19.1. The molecule has 31 heavy (non-hydrogen) atoms. The third kappa shape index (κ3) is 5.44. The summed E-state index contributed by atoms with van der Waals surface area (Å²) in [6, 6.07) is 1.06. The van der Waals surface area contributed by atoms with Gasteiger partial charge in [0, 0.05) is 38.5 Å². The smallest absolute Gasteiger partial charge is 0.274 e. The maximum absolute atomic E-state index is 13.3. The first-order valence-electron chi connectivity index (χ1n) is 11.2. The molecule has 3 heterocycles. The van der Waals surface area contributed by atoms with Crippen molar-refractivity contribution in [1.29, 1.82) is 0 Å². The van der Waals surface area contributed by atoms with Crippen LogP contribution in [0.25, 0.3) is 0 Å². The van der Waals surface area contributed by atoms with Crippen LogP contribution in [0, 0.1) is 12.3 Å². The highest BCUT2D eigenvalue weighted by molar-refractivity contribution is 5.93. The predicted octanol–water partition coefficient (Wildman–Crippen LogP) is 1.16. The summed E-state index contributed by atoms with van der Waals surface area (Å²) in [7, 11) is 1.82. The molecule has 1 aromatic rings. The van der Waals surface area contributed by atoms with Gasteiger partial charge in [-0.15, -0.1) is 0 Å². The molecule has 9 nitrogen and oxygen atoms in total. The van der Waals surface area contributed by atoms with E-state index in [-0.39, 0.29) is 23.8 Å². The standard InChI is InChI=1S/C22H35N5O4/c1-15-14-31-12-6-5-7-22(21(30)24-17(3)19(28)23-15)8-10-27(11-9-22)20(29)18-13-16(2)26(4)25-18/h13,15,17H,5-12,14H2,1-4H3,(H,23,28)(H,24,30)/t15-,17-/m0/s1. The van der Waals surface area contributed by atoms with Crippen LogP contribution in [0.15, 0.2) is 6.07 Å². The monoisotopic (exact) mass is 433 g/mol. The Balaban J connectivity index is 1.70. The van der Waals surface area contributed by atoms with Crippen molar-refractivity contribution < 1.29 is 19.1 Å². The molecule has 9 heteroatoms. The fraction of sp³-hybridized carbons (Fsp3) is 0.727. The normalized spacial score (nSPS) is 25.7. The summed E-state index contributed by atoms with van der Waals surface area (Å²) in [4.78, 5) is 40.4. The number of carbonyl (C=O) groups is 3. The van der Waals surface area contributed by atoms with Gasteiger partial charge in [0.2, 0.25) is 11.8 Å². The minimum Gasteiger partial charge on any atom is -0.379 e. The van der Waals surface area contributed by atoms with Crippen LogP contribution < -0.4 is 10.6 Å². The number of hydrogen-bond acceptors (Lipinski definition) is 5. The van der Waals surface area contributed by atoms with E-state index in [1.165, 1.54) is 0 Å². The van der Waals surface area contributed by atoms with Crippen molar-refractivity contribution in [1.82, 2.24) is 25.3 Å². The van der Waals surface area contributed by atoms with Crippen molar-refractivity contribution in [3.63, 3.8) is 0 Å². The Hall–Kier alpha value is -2.42. The van der Waals surface area contributed by atoms with Crippen molar-refractivity contribution in [2.75, 3.05) is 26.3 Å². The van der Waals surface area contributed by atoms with E-state index in [4.69, 9.17) is 4.74 Å². The Morgan fingerprint density at radius 2 is 1.87 bits per heavy atom. The van der Waals surface area contributed by atoms with Crippen LogP contribution >= 0.6 is 0 Å². The van der Waals surface area contributed by atoms with E-state index in [0.29, 0.717) is 44.8 Å². The lowest BCUT2D eigenvalue weighted by molar-refractivity contribution is -0.137. The summed E-state index contributed by atoms with van der Waals surface area (Å²) in [5, 5.41) is 10.1. The average molecular weight is 434 g/mol. The molecule has 0 aliphatic carbocycles. The summed E-state index contributed by atoms with van der Waals surface area (Å²) in [5.41, 5.74) is 0.785. The molecule has 1 spiro atoms. The second kappa shape index (κ2) is 9.80. The van der Waals surface area contributed by atoms with Crippen LogP contribution in [-0.2, 0) is 21.4 Å². The molecule has 2 aliphatic heterocycles. The molecule has 172 valence electrons. The van der Waals surface area contributed by atoms with Crippen LogP contribution in [0.4, 0.5) is 0 Å². The molecule has 3 rings (SSSR count). The number of carbonyl (C=O) groups excluding carboxylic acids is 3. The number of likely N-dealkylation sites (tertiary alicyclic amines) is 1. The van der Waals surface area contributed by atoms with E-state index < -0.39 is 11.5 Å². The van der Waals surface area contributed by atoms with E-state index in [0.717, 1.165) is 25.0 Å². The van der Waals surface area contributed by atoms with Gasteiger partial charge in [-0.2, -0.15) is 5.10 Å². The summed E-state index contributed by atoms with van der Waals surface area (Å²) >= 11 is 0. The molecule has 2 N–H and O–H groups in total. The van der Waals surface area contributed by atoms with Crippen LogP contribution in [0.2, 0.25) is 0 Å². The van der Waals surface area contributed by atoms with Crippen molar-refractivity contribution in [2.45, 2.75) is 65.0 Å². The summed E-state index contributed by atoms with van der Waals surface area (Å²) < 4.78 is 7.36. The van der Waals surface area contributed by atoms with Crippen LogP contribution in [0.1, 0.15) is 62.1 Å². The summed E-state index contributed by atoms with van der Waals surface area (Å²) in [6.45, 7) is 7.57. The van der Waals surface area contributed by atoms with Gasteiger partial charge in [-0.05, 0) is 52.5 Å². The maximum atomic E-state index is 13.3. The molecule has 0 bridgehead atoms. The topological polar surface area (TPSA) is 106 Å². The van der Waals surface area contributed by atoms with Crippen molar-refractivity contribution in [3.8, 4) is 0 Å². The summed E-state index contributed by atoms with van der Waals surface area (Å²) in [5.74, 6) is -0.403. The Labute approximate surface area is 183 Å². The number of nitrogens with one attached hydrogen (secondary N) is 2. The molecule has 1 aromatic heterocycles. The first-order valence-corrected chi connectivity index (χ1v) is 11.2. The number of rotatable bonds is 1. The largest absolute Gasteiger partial charge is 0.379 e. The number of aromatic nitrogens is 2. The van der Waals surface area contributed by atoms with E-state index in [1.54, 1.807) is 22.6 Å². The SMILES string of the molecule is Cc1cc(C(=O)N2CCC3(CCCCOC[C@H](C)NC(=O)[C@H](C)NC3=O)CC2)nn1C. The highest BCUT2D eigenvalue weighted by Crippen LogP contribution is 2.37. The molecule has 0 radical (unpaired) electrons. The third-order valence-corrected chi connectivity index (χ3v) is 6.51. The fourth-order valence-electron chi connectivity index (χ4n) is 4.31. The molecule has 0 saturated carbocycles. The van der Waals surface area contributed by atoms with E-state index in [9.17, 15) is 14.4 Å². The first-order chi connectivity index (χ1) is 14.7. The van der Waals surface area contributed by atoms with Crippen LogP contribution in [-0.4, -0.2) is 70.8 Å². The highest BCUT2D eigenvalue weighted by atomic mass is 16.5. The predicted molar refractivity (Wildman–Crippen MR) is 115 cm³/mol. The van der Waals surface area contributed by atoms with Gasteiger partial charge >= 0.3 is 0 Å². The van der Waals surface area contributed by atoms with Gasteiger partial charge in [-0.25, -0.2) is 0 Å². The minimum absolute atomic E-state index is 0.0938. The van der Waals surface area contributed by atoms with Gasteiger partial charge in [-0.1, -0.05) is 6.42 Å². The zero-order valence-corrected chi connectivity index (χ0v) is 19.1. The van der Waals surface area contributed by atoms with Gasteiger partial charge in [0.1, 0.15) is 6.04 Å². The number of ether oxygens (including phenoxy) is 1. The third-order valence-electron chi connectivity index (χ3n) is 6.51. The van der Waals surface area contributed by atoms with E-state index in [1.807, 2.05) is 20.9 Å². The van der Waals surface area contributed by atoms with Crippen LogP contribution in [0.5, 0.6) is 0 Å². The van der Waals surface area contributed by atoms with Gasteiger partial charge in [0.15, 0.2) is 5.69 Å². The Kier molecular flexibility index (Phi) is 7.35. The molecular formula is C22H35N5O4. The zero-order chi connectivity index (χ0) is 22.6. The summed E-state index contributed by atoms with van der Waals surface area (Å²) in [6.07, 6.45) is 3.59. The average Bonchev–Trinajstić information content (AvgIpc) is 3.08. The van der Waals surface area contributed by atoms with E-state index in [2.05, 4.69) is 15.7 Å². The lowest BCUT2D eigenvalue weighted by atomic mass is 9.73. The molecule has 2 aliphatic rings. The lowest BCUT2D eigenvalue weighted by Gasteiger charge is -2.41. The Morgan fingerprint density at radius 3 is 2.52 bits per heavy atom. The molecule has 0 unspecified atom stereocenters. The molecule has 0 aromatic carbocycles. The Bertz CT molecular complexity index is 793. The minimum atomic E-state index is -0.622.